The van der Waals surface area contributed by atoms with Gasteiger partial charge in [0, 0.05) is 32.2 Å². The van der Waals surface area contributed by atoms with Crippen LogP contribution in [0.4, 0.5) is 0 Å². The minimum absolute atomic E-state index is 0.0828. The first-order valence-corrected chi connectivity index (χ1v) is 10.4. The van der Waals surface area contributed by atoms with Crippen molar-refractivity contribution in [1.29, 1.82) is 0 Å². The predicted molar refractivity (Wildman–Crippen MR) is 115 cm³/mol. The molecule has 2 heterocycles. The molecule has 1 N–H and O–H groups in total. The number of carbonyl (C=O) groups is 2. The SMILES string of the molecule is CC(CNC(=O)c1cc2n(n1)CCCN(Cc1ccccc1)C2=O)c1ccccc1. The third kappa shape index (κ3) is 4.43. The number of nitrogens with one attached hydrogen (secondary N) is 1. The van der Waals surface area contributed by atoms with Crippen LogP contribution in [0.1, 0.15) is 51.4 Å². The molecule has 1 aliphatic heterocycles. The summed E-state index contributed by atoms with van der Waals surface area (Å²) in [6, 6.07) is 21.6. The Morgan fingerprint density at radius 1 is 1.07 bits per heavy atom. The molecule has 1 aromatic heterocycles. The van der Waals surface area contributed by atoms with E-state index < -0.39 is 0 Å². The number of aromatic nitrogens is 2. The fourth-order valence-corrected chi connectivity index (χ4v) is 3.74. The molecular formula is C24H26N4O2. The number of carbonyl (C=O) groups excluding carboxylic acids is 2. The van der Waals surface area contributed by atoms with E-state index in [2.05, 4.69) is 29.5 Å². The molecule has 154 valence electrons. The molecule has 0 aliphatic carbocycles. The lowest BCUT2D eigenvalue weighted by Crippen LogP contribution is -2.30. The Labute approximate surface area is 176 Å². The van der Waals surface area contributed by atoms with Crippen molar-refractivity contribution >= 4 is 11.8 Å². The predicted octanol–water partition coefficient (Wildman–Crippen LogP) is 3.46. The highest BCUT2D eigenvalue weighted by Gasteiger charge is 2.26. The molecule has 30 heavy (non-hydrogen) atoms. The summed E-state index contributed by atoms with van der Waals surface area (Å²) in [5, 5.41) is 7.36. The van der Waals surface area contributed by atoms with E-state index in [4.69, 9.17) is 0 Å². The molecule has 6 heteroatoms. The van der Waals surface area contributed by atoms with Crippen molar-refractivity contribution in [2.24, 2.45) is 0 Å². The summed E-state index contributed by atoms with van der Waals surface area (Å²) < 4.78 is 1.67. The van der Waals surface area contributed by atoms with E-state index in [1.165, 1.54) is 5.56 Å². The zero-order valence-corrected chi connectivity index (χ0v) is 17.1. The summed E-state index contributed by atoms with van der Waals surface area (Å²) >= 11 is 0. The number of amides is 2. The highest BCUT2D eigenvalue weighted by molar-refractivity contribution is 5.98. The van der Waals surface area contributed by atoms with E-state index in [1.807, 2.05) is 53.4 Å². The zero-order chi connectivity index (χ0) is 20.9. The maximum Gasteiger partial charge on any atom is 0.272 e. The molecule has 2 aromatic carbocycles. The molecule has 1 aliphatic rings. The average Bonchev–Trinajstić information content (AvgIpc) is 3.16. The normalized spacial score (nSPS) is 14.7. The topological polar surface area (TPSA) is 67.2 Å². The number of benzene rings is 2. The molecule has 1 atom stereocenters. The molecule has 0 spiro atoms. The van der Waals surface area contributed by atoms with Gasteiger partial charge in [-0.25, -0.2) is 0 Å². The van der Waals surface area contributed by atoms with Gasteiger partial charge in [0.25, 0.3) is 11.8 Å². The average molecular weight is 402 g/mol. The third-order valence-corrected chi connectivity index (χ3v) is 5.47. The third-order valence-electron chi connectivity index (χ3n) is 5.47. The van der Waals surface area contributed by atoms with Gasteiger partial charge < -0.3 is 10.2 Å². The minimum Gasteiger partial charge on any atom is -0.350 e. The van der Waals surface area contributed by atoms with Crippen molar-refractivity contribution < 1.29 is 9.59 Å². The maximum absolute atomic E-state index is 13.1. The number of hydrogen-bond donors (Lipinski definition) is 1. The highest BCUT2D eigenvalue weighted by Crippen LogP contribution is 2.17. The van der Waals surface area contributed by atoms with Gasteiger partial charge in [-0.3, -0.25) is 14.3 Å². The molecule has 0 saturated carbocycles. The second kappa shape index (κ2) is 8.95. The van der Waals surface area contributed by atoms with Gasteiger partial charge in [-0.1, -0.05) is 67.6 Å². The van der Waals surface area contributed by atoms with Crippen LogP contribution in [0.2, 0.25) is 0 Å². The monoisotopic (exact) mass is 402 g/mol. The van der Waals surface area contributed by atoms with E-state index >= 15 is 0 Å². The van der Waals surface area contributed by atoms with Crippen LogP contribution in [-0.4, -0.2) is 39.6 Å². The Bertz CT molecular complexity index is 1010. The standard InChI is InChI=1S/C24H26N4O2/c1-18(20-11-6-3-7-12-20)16-25-23(29)21-15-22-24(30)27(13-8-14-28(22)26-21)17-19-9-4-2-5-10-19/h2-7,9-12,15,18H,8,13-14,16-17H2,1H3,(H,25,29). The van der Waals surface area contributed by atoms with Crippen molar-refractivity contribution in [3.8, 4) is 0 Å². The quantitative estimate of drug-likeness (QED) is 0.687. The molecule has 0 saturated heterocycles. The van der Waals surface area contributed by atoms with Crippen molar-refractivity contribution in [3.05, 3.63) is 89.2 Å². The van der Waals surface area contributed by atoms with Gasteiger partial charge in [0.05, 0.1) is 0 Å². The zero-order valence-electron chi connectivity index (χ0n) is 17.1. The number of fused-ring (bicyclic) bond motifs is 1. The summed E-state index contributed by atoms with van der Waals surface area (Å²) in [7, 11) is 0. The van der Waals surface area contributed by atoms with Crippen LogP contribution in [0.25, 0.3) is 0 Å². The van der Waals surface area contributed by atoms with E-state index in [0.717, 1.165) is 12.0 Å². The molecule has 3 aromatic rings. The smallest absolute Gasteiger partial charge is 0.272 e. The van der Waals surface area contributed by atoms with Crippen molar-refractivity contribution in [3.63, 3.8) is 0 Å². The lowest BCUT2D eigenvalue weighted by molar-refractivity contribution is 0.0745. The summed E-state index contributed by atoms with van der Waals surface area (Å²) in [6.07, 6.45) is 0.805. The van der Waals surface area contributed by atoms with Crippen LogP contribution in [0.5, 0.6) is 0 Å². The van der Waals surface area contributed by atoms with Crippen molar-refractivity contribution in [2.75, 3.05) is 13.1 Å². The van der Waals surface area contributed by atoms with E-state index in [-0.39, 0.29) is 17.7 Å². The van der Waals surface area contributed by atoms with Gasteiger partial charge in [-0.15, -0.1) is 0 Å². The van der Waals surface area contributed by atoms with E-state index in [9.17, 15) is 9.59 Å². The van der Waals surface area contributed by atoms with Crippen LogP contribution in [0.15, 0.2) is 66.7 Å². The van der Waals surface area contributed by atoms with Gasteiger partial charge in [0.2, 0.25) is 0 Å². The largest absolute Gasteiger partial charge is 0.350 e. The van der Waals surface area contributed by atoms with Gasteiger partial charge in [-0.2, -0.15) is 5.10 Å². The Kier molecular flexibility index (Phi) is 5.93. The van der Waals surface area contributed by atoms with Crippen LogP contribution in [0, 0.1) is 0 Å². The fraction of sp³-hybridized carbons (Fsp3) is 0.292. The van der Waals surface area contributed by atoms with Crippen LogP contribution >= 0.6 is 0 Å². The van der Waals surface area contributed by atoms with Crippen LogP contribution in [-0.2, 0) is 13.1 Å². The molecule has 1 unspecified atom stereocenters. The van der Waals surface area contributed by atoms with Gasteiger partial charge >= 0.3 is 0 Å². The maximum atomic E-state index is 13.1. The molecule has 6 nitrogen and oxygen atoms in total. The van der Waals surface area contributed by atoms with Gasteiger partial charge in [0.15, 0.2) is 5.69 Å². The number of rotatable bonds is 6. The lowest BCUT2D eigenvalue weighted by atomic mass is 10.0. The first-order chi connectivity index (χ1) is 14.6. The van der Waals surface area contributed by atoms with Crippen molar-refractivity contribution in [2.45, 2.75) is 32.4 Å². The molecule has 4 rings (SSSR count). The Morgan fingerprint density at radius 3 is 2.50 bits per heavy atom. The molecular weight excluding hydrogens is 376 g/mol. The summed E-state index contributed by atoms with van der Waals surface area (Å²) in [5.41, 5.74) is 3.03. The first-order valence-electron chi connectivity index (χ1n) is 10.4. The fourth-order valence-electron chi connectivity index (χ4n) is 3.74. The van der Waals surface area contributed by atoms with E-state index in [0.29, 0.717) is 37.6 Å². The number of nitrogens with zero attached hydrogens (tertiary/aromatic N) is 3. The lowest BCUT2D eigenvalue weighted by Gasteiger charge is -2.20. The molecule has 2 amide bonds. The van der Waals surface area contributed by atoms with Crippen molar-refractivity contribution in [1.82, 2.24) is 20.0 Å². The molecule has 0 bridgehead atoms. The Hall–Kier alpha value is -3.41. The van der Waals surface area contributed by atoms with Crippen LogP contribution < -0.4 is 5.32 Å². The number of hydrogen-bond acceptors (Lipinski definition) is 3. The highest BCUT2D eigenvalue weighted by atomic mass is 16.2. The summed E-state index contributed by atoms with van der Waals surface area (Å²) in [6.45, 7) is 4.44. The van der Waals surface area contributed by atoms with Crippen LogP contribution in [0.3, 0.4) is 0 Å². The molecule has 0 fully saturated rings. The van der Waals surface area contributed by atoms with E-state index in [1.54, 1.807) is 10.7 Å². The van der Waals surface area contributed by atoms with Gasteiger partial charge in [-0.05, 0) is 23.5 Å². The first kappa shape index (κ1) is 19.9. The second-order valence-corrected chi connectivity index (χ2v) is 7.73. The minimum atomic E-state index is -0.249. The summed E-state index contributed by atoms with van der Waals surface area (Å²) in [4.78, 5) is 27.5. The van der Waals surface area contributed by atoms with Gasteiger partial charge in [0.1, 0.15) is 5.69 Å². The molecule has 0 radical (unpaired) electrons. The second-order valence-electron chi connectivity index (χ2n) is 7.73. The number of aryl methyl sites for hydroxylation is 1. The Morgan fingerprint density at radius 2 is 1.77 bits per heavy atom. The Balaban J connectivity index is 1.43. The summed E-state index contributed by atoms with van der Waals surface area (Å²) in [5.74, 6) is -0.139.